The molecule has 6 heteroatoms. The molecule has 4 nitrogen and oxygen atoms in total. The monoisotopic (exact) mass is 404 g/mol. The summed E-state index contributed by atoms with van der Waals surface area (Å²) in [5.41, 5.74) is 2.14. The lowest BCUT2D eigenvalue weighted by atomic mass is 10.1. The molecule has 1 aromatic heterocycles. The Hall–Kier alpha value is -0.890. The maximum Gasteiger partial charge on any atom is 0.152 e. The Morgan fingerprint density at radius 2 is 2.00 bits per heavy atom. The van der Waals surface area contributed by atoms with Crippen molar-refractivity contribution in [3.05, 3.63) is 40.2 Å². The number of hydrogen-bond acceptors (Lipinski definition) is 3. The zero-order valence-corrected chi connectivity index (χ0v) is 14.3. The van der Waals surface area contributed by atoms with Crippen LogP contribution < -0.4 is 0 Å². The summed E-state index contributed by atoms with van der Waals surface area (Å²) < 4.78 is 26.2. The standard InChI is InChI=1S/C14H17IN2O2S/c1-2-8-20(18,19)9-7-17-11-12(10-16-17)13-5-3-4-6-14(13)15/h3-6,10-11H,2,7-9H2,1H3. The first-order valence-corrected chi connectivity index (χ1v) is 9.39. The zero-order valence-electron chi connectivity index (χ0n) is 11.3. The van der Waals surface area contributed by atoms with Crippen molar-refractivity contribution in [3.63, 3.8) is 0 Å². The minimum absolute atomic E-state index is 0.147. The van der Waals surface area contributed by atoms with Gasteiger partial charge in [0.1, 0.15) is 0 Å². The second kappa shape index (κ2) is 6.71. The van der Waals surface area contributed by atoms with E-state index in [4.69, 9.17) is 0 Å². The number of sulfone groups is 1. The van der Waals surface area contributed by atoms with Crippen molar-refractivity contribution in [2.24, 2.45) is 0 Å². The predicted octanol–water partition coefficient (Wildman–Crippen LogP) is 2.98. The van der Waals surface area contributed by atoms with Gasteiger partial charge in [0.2, 0.25) is 0 Å². The van der Waals surface area contributed by atoms with Crippen molar-refractivity contribution >= 4 is 32.4 Å². The van der Waals surface area contributed by atoms with Crippen LogP contribution in [0.2, 0.25) is 0 Å². The SMILES string of the molecule is CCCS(=O)(=O)CCn1cc(-c2ccccc2I)cn1. The Balaban J connectivity index is 2.09. The second-order valence-corrected chi connectivity index (χ2v) is 8.09. The number of rotatable bonds is 6. The summed E-state index contributed by atoms with van der Waals surface area (Å²) in [6.45, 7) is 2.28. The summed E-state index contributed by atoms with van der Waals surface area (Å²) in [4.78, 5) is 0. The van der Waals surface area contributed by atoms with E-state index >= 15 is 0 Å². The van der Waals surface area contributed by atoms with E-state index in [2.05, 4.69) is 27.7 Å². The number of aryl methyl sites for hydroxylation is 1. The van der Waals surface area contributed by atoms with Gasteiger partial charge in [-0.05, 0) is 40.6 Å². The Kier molecular flexibility index (Phi) is 5.20. The van der Waals surface area contributed by atoms with Gasteiger partial charge in [0.05, 0.1) is 18.5 Å². The van der Waals surface area contributed by atoms with Crippen molar-refractivity contribution < 1.29 is 8.42 Å². The summed E-state index contributed by atoms with van der Waals surface area (Å²) in [6.07, 6.45) is 4.35. The lowest BCUT2D eigenvalue weighted by molar-refractivity contribution is 0.579. The summed E-state index contributed by atoms with van der Waals surface area (Å²) in [7, 11) is -2.96. The molecule has 2 rings (SSSR count). The highest BCUT2D eigenvalue weighted by molar-refractivity contribution is 14.1. The van der Waals surface area contributed by atoms with Crippen LogP contribution >= 0.6 is 22.6 Å². The van der Waals surface area contributed by atoms with E-state index < -0.39 is 9.84 Å². The Morgan fingerprint density at radius 3 is 2.70 bits per heavy atom. The van der Waals surface area contributed by atoms with Crippen LogP contribution in [0.3, 0.4) is 0 Å². The molecule has 0 aliphatic rings. The molecule has 0 aliphatic carbocycles. The molecule has 1 aromatic carbocycles. The van der Waals surface area contributed by atoms with Gasteiger partial charge in [0.25, 0.3) is 0 Å². The smallest absolute Gasteiger partial charge is 0.152 e. The second-order valence-electron chi connectivity index (χ2n) is 4.62. The van der Waals surface area contributed by atoms with Crippen LogP contribution in [0.5, 0.6) is 0 Å². The first-order chi connectivity index (χ1) is 9.52. The molecule has 0 aliphatic heterocycles. The molecule has 2 aromatic rings. The third-order valence-electron chi connectivity index (χ3n) is 2.96. The van der Waals surface area contributed by atoms with Gasteiger partial charge in [-0.1, -0.05) is 25.1 Å². The van der Waals surface area contributed by atoms with Gasteiger partial charge < -0.3 is 0 Å². The third kappa shape index (κ3) is 4.05. The highest BCUT2D eigenvalue weighted by Gasteiger charge is 2.10. The Morgan fingerprint density at radius 1 is 1.25 bits per heavy atom. The van der Waals surface area contributed by atoms with E-state index in [1.54, 1.807) is 10.9 Å². The molecule has 1 heterocycles. The quantitative estimate of drug-likeness (QED) is 0.696. The van der Waals surface area contributed by atoms with Gasteiger partial charge >= 0.3 is 0 Å². The zero-order chi connectivity index (χ0) is 14.6. The molecule has 0 N–H and O–H groups in total. The minimum Gasteiger partial charge on any atom is -0.271 e. The van der Waals surface area contributed by atoms with E-state index in [0.29, 0.717) is 13.0 Å². The van der Waals surface area contributed by atoms with E-state index in [1.807, 2.05) is 37.4 Å². The number of aromatic nitrogens is 2. The molecular weight excluding hydrogens is 387 g/mol. The molecule has 0 amide bonds. The summed E-state index contributed by atoms with van der Waals surface area (Å²) in [5, 5.41) is 4.25. The molecule has 0 bridgehead atoms. The van der Waals surface area contributed by atoms with Crippen molar-refractivity contribution in [2.75, 3.05) is 11.5 Å². The van der Waals surface area contributed by atoms with E-state index in [9.17, 15) is 8.42 Å². The van der Waals surface area contributed by atoms with Gasteiger partial charge in [-0.15, -0.1) is 0 Å². The first kappa shape index (κ1) is 15.5. The van der Waals surface area contributed by atoms with Gasteiger partial charge in [0, 0.05) is 21.1 Å². The predicted molar refractivity (Wildman–Crippen MR) is 89.3 cm³/mol. The summed E-state index contributed by atoms with van der Waals surface area (Å²) in [6, 6.07) is 8.06. The third-order valence-corrected chi connectivity index (χ3v) is 5.74. The fourth-order valence-electron chi connectivity index (χ4n) is 1.97. The van der Waals surface area contributed by atoms with Crippen LogP contribution in [-0.4, -0.2) is 29.7 Å². The number of halogens is 1. The van der Waals surface area contributed by atoms with Crippen LogP contribution in [0.15, 0.2) is 36.7 Å². The number of hydrogen-bond donors (Lipinski definition) is 0. The van der Waals surface area contributed by atoms with Crippen LogP contribution in [0.4, 0.5) is 0 Å². The van der Waals surface area contributed by atoms with Crippen LogP contribution in [-0.2, 0) is 16.4 Å². The van der Waals surface area contributed by atoms with Crippen LogP contribution in [0.1, 0.15) is 13.3 Å². The molecule has 0 saturated heterocycles. The number of nitrogens with zero attached hydrogens (tertiary/aromatic N) is 2. The van der Waals surface area contributed by atoms with Crippen molar-refractivity contribution in [2.45, 2.75) is 19.9 Å². The maximum absolute atomic E-state index is 11.7. The summed E-state index contributed by atoms with van der Waals surface area (Å²) in [5.74, 6) is 0.394. The van der Waals surface area contributed by atoms with Gasteiger partial charge in [0.15, 0.2) is 9.84 Å². The Bertz CT molecular complexity index is 680. The average Bonchev–Trinajstić information content (AvgIpc) is 2.86. The van der Waals surface area contributed by atoms with Gasteiger partial charge in [-0.2, -0.15) is 5.10 Å². The minimum atomic E-state index is -2.96. The molecule has 0 unspecified atom stereocenters. The van der Waals surface area contributed by atoms with Gasteiger partial charge in [-0.25, -0.2) is 8.42 Å². The fraction of sp³-hybridized carbons (Fsp3) is 0.357. The summed E-state index contributed by atoms with van der Waals surface area (Å²) >= 11 is 2.29. The largest absolute Gasteiger partial charge is 0.271 e. The van der Waals surface area contributed by atoms with E-state index in [1.165, 1.54) is 0 Å². The van der Waals surface area contributed by atoms with Crippen LogP contribution in [0.25, 0.3) is 11.1 Å². The molecule has 108 valence electrons. The van der Waals surface area contributed by atoms with E-state index in [0.717, 1.165) is 14.7 Å². The van der Waals surface area contributed by atoms with E-state index in [-0.39, 0.29) is 11.5 Å². The molecule has 0 spiro atoms. The van der Waals surface area contributed by atoms with Crippen molar-refractivity contribution in [1.82, 2.24) is 9.78 Å². The molecular formula is C14H17IN2O2S. The molecule has 0 saturated carbocycles. The Labute approximate surface area is 133 Å². The van der Waals surface area contributed by atoms with Crippen molar-refractivity contribution in [3.8, 4) is 11.1 Å². The first-order valence-electron chi connectivity index (χ1n) is 6.49. The molecule has 0 fully saturated rings. The highest BCUT2D eigenvalue weighted by atomic mass is 127. The lowest BCUT2D eigenvalue weighted by Gasteiger charge is -2.03. The fourth-order valence-corrected chi connectivity index (χ4v) is 3.96. The molecule has 0 atom stereocenters. The molecule has 20 heavy (non-hydrogen) atoms. The lowest BCUT2D eigenvalue weighted by Crippen LogP contribution is -2.15. The number of benzene rings is 1. The maximum atomic E-state index is 11.7. The average molecular weight is 404 g/mol. The normalized spacial score (nSPS) is 11.7. The van der Waals surface area contributed by atoms with Gasteiger partial charge in [-0.3, -0.25) is 4.68 Å². The van der Waals surface area contributed by atoms with Crippen LogP contribution in [0, 0.1) is 3.57 Å². The molecule has 0 radical (unpaired) electrons. The highest BCUT2D eigenvalue weighted by Crippen LogP contribution is 2.24. The topological polar surface area (TPSA) is 52.0 Å². The van der Waals surface area contributed by atoms with Crippen molar-refractivity contribution in [1.29, 1.82) is 0 Å².